The predicted octanol–water partition coefficient (Wildman–Crippen LogP) is -1.82. The number of aldehydes is 1. The predicted molar refractivity (Wildman–Crippen MR) is 108 cm³/mol. The summed E-state index contributed by atoms with van der Waals surface area (Å²) in [5.74, 6) is -3.60. The number of carboxylic acids is 1. The lowest BCUT2D eigenvalue weighted by atomic mass is 10.1. The first-order valence-electron chi connectivity index (χ1n) is 10.0. The summed E-state index contributed by atoms with van der Waals surface area (Å²) in [4.78, 5) is 80.0. The molecule has 32 heavy (non-hydrogen) atoms. The smallest absolute Gasteiger partial charge is 0.305 e. The number of nitrogens with one attached hydrogen (secondary N) is 4. The summed E-state index contributed by atoms with van der Waals surface area (Å²) in [5.41, 5.74) is 0. The molecule has 0 aliphatic carbocycles. The summed E-state index contributed by atoms with van der Waals surface area (Å²) in [5, 5.41) is 16.2. The van der Waals surface area contributed by atoms with Gasteiger partial charge in [-0.15, -0.1) is 0 Å². The topological polar surface area (TPSA) is 191 Å². The lowest BCUT2D eigenvalue weighted by molar-refractivity contribution is -0.139. The molecule has 2 rings (SSSR count). The number of carboxylic acid groups (broad SMARTS) is 1. The minimum absolute atomic E-state index is 0.00425. The van der Waals surface area contributed by atoms with Crippen LogP contribution in [0.1, 0.15) is 42.7 Å². The van der Waals surface area contributed by atoms with Gasteiger partial charge in [0.1, 0.15) is 18.4 Å². The van der Waals surface area contributed by atoms with Gasteiger partial charge in [-0.25, -0.2) is 4.98 Å². The normalized spacial score (nSPS) is 21.0. The zero-order valence-corrected chi connectivity index (χ0v) is 17.5. The van der Waals surface area contributed by atoms with Crippen molar-refractivity contribution in [3.8, 4) is 0 Å². The van der Waals surface area contributed by atoms with Crippen molar-refractivity contribution in [2.75, 3.05) is 13.6 Å². The first kappa shape index (κ1) is 24.5. The van der Waals surface area contributed by atoms with E-state index in [-0.39, 0.29) is 31.0 Å². The third kappa shape index (κ3) is 7.18. The third-order valence-electron chi connectivity index (χ3n) is 4.91. The highest BCUT2D eigenvalue weighted by atomic mass is 16.4. The van der Waals surface area contributed by atoms with Gasteiger partial charge in [0.25, 0.3) is 5.91 Å². The monoisotopic (exact) mass is 450 g/mol. The van der Waals surface area contributed by atoms with Crippen LogP contribution >= 0.6 is 0 Å². The molecule has 1 aromatic rings. The van der Waals surface area contributed by atoms with Gasteiger partial charge < -0.3 is 35.7 Å². The maximum absolute atomic E-state index is 12.9. The molecule has 1 aliphatic heterocycles. The van der Waals surface area contributed by atoms with Gasteiger partial charge >= 0.3 is 5.97 Å². The Morgan fingerprint density at radius 2 is 2.09 bits per heavy atom. The second-order valence-electron chi connectivity index (χ2n) is 7.37. The second-order valence-corrected chi connectivity index (χ2v) is 7.37. The van der Waals surface area contributed by atoms with E-state index in [2.05, 4.69) is 25.9 Å². The van der Waals surface area contributed by atoms with Crippen molar-refractivity contribution < 1.29 is 33.9 Å². The molecule has 13 heteroatoms. The number of aliphatic carboxylic acids is 1. The molecule has 0 saturated carbocycles. The molecule has 4 amide bonds. The minimum atomic E-state index is -1.27. The Morgan fingerprint density at radius 3 is 2.72 bits per heavy atom. The Labute approximate surface area is 183 Å². The molecule has 1 fully saturated rings. The van der Waals surface area contributed by atoms with E-state index in [9.17, 15) is 28.8 Å². The fraction of sp³-hybridized carbons (Fsp3) is 0.526. The molecule has 0 aromatic carbocycles. The van der Waals surface area contributed by atoms with Crippen molar-refractivity contribution in [2.45, 2.75) is 50.2 Å². The van der Waals surface area contributed by atoms with Crippen LogP contribution in [-0.2, 0) is 24.0 Å². The van der Waals surface area contributed by atoms with Gasteiger partial charge in [-0.1, -0.05) is 0 Å². The number of aromatic amines is 1. The number of imidazole rings is 1. The van der Waals surface area contributed by atoms with E-state index in [0.717, 1.165) is 0 Å². The number of hydrogen-bond donors (Lipinski definition) is 5. The SMILES string of the molecule is CN1CCC[C@@H](C(=O)N[C@H](C=O)CC(=O)O)NC(=O)[C@@H](NC(=O)c2ncc[nH]2)CCC1=O. The molecule has 3 atom stereocenters. The average Bonchev–Trinajstić information content (AvgIpc) is 3.28. The zero-order chi connectivity index (χ0) is 23.7. The van der Waals surface area contributed by atoms with Crippen molar-refractivity contribution in [1.82, 2.24) is 30.8 Å². The maximum atomic E-state index is 12.9. The van der Waals surface area contributed by atoms with E-state index in [1.54, 1.807) is 7.05 Å². The Hall–Kier alpha value is -3.77. The standard InChI is InChI=1S/C19H26N6O7/c1-25-8-2-3-12(17(30)22-11(10-26)9-15(28)29)23-18(31)13(4-5-14(25)27)24-19(32)16-20-6-7-21-16/h6-7,10-13H,2-5,8-9H2,1H3,(H,20,21)(H,22,30)(H,23,31)(H,24,32)(H,28,29)/t11-,12-,13-/m0/s1. The molecule has 0 bridgehead atoms. The average molecular weight is 450 g/mol. The number of aromatic nitrogens is 2. The van der Waals surface area contributed by atoms with Crippen molar-refractivity contribution in [3.63, 3.8) is 0 Å². The summed E-state index contributed by atoms with van der Waals surface area (Å²) in [6, 6.07) is -3.48. The molecular formula is C19H26N6O7. The molecule has 2 heterocycles. The highest BCUT2D eigenvalue weighted by molar-refractivity contribution is 5.96. The van der Waals surface area contributed by atoms with E-state index < -0.39 is 48.2 Å². The molecule has 1 saturated heterocycles. The van der Waals surface area contributed by atoms with Gasteiger partial charge in [0.2, 0.25) is 17.7 Å². The van der Waals surface area contributed by atoms with Gasteiger partial charge in [-0.05, 0) is 19.3 Å². The molecule has 174 valence electrons. The van der Waals surface area contributed by atoms with Gasteiger partial charge in [0.15, 0.2) is 5.82 Å². The number of nitrogens with zero attached hydrogens (tertiary/aromatic N) is 2. The largest absolute Gasteiger partial charge is 0.481 e. The van der Waals surface area contributed by atoms with Gasteiger partial charge in [0.05, 0.1) is 12.5 Å². The molecule has 0 radical (unpaired) electrons. The van der Waals surface area contributed by atoms with Crippen LogP contribution < -0.4 is 16.0 Å². The lowest BCUT2D eigenvalue weighted by Crippen LogP contribution is -2.55. The maximum Gasteiger partial charge on any atom is 0.305 e. The summed E-state index contributed by atoms with van der Waals surface area (Å²) in [7, 11) is 1.59. The van der Waals surface area contributed by atoms with Crippen LogP contribution in [0.5, 0.6) is 0 Å². The number of rotatable bonds is 7. The number of hydrogen-bond acceptors (Lipinski definition) is 7. The lowest BCUT2D eigenvalue weighted by Gasteiger charge is -2.23. The quantitative estimate of drug-likeness (QED) is 0.300. The molecule has 0 spiro atoms. The Bertz CT molecular complexity index is 856. The van der Waals surface area contributed by atoms with Crippen LogP contribution in [0.2, 0.25) is 0 Å². The number of H-pyrrole nitrogens is 1. The molecular weight excluding hydrogens is 424 g/mol. The number of amides is 4. The van der Waals surface area contributed by atoms with Gasteiger partial charge in [-0.2, -0.15) is 0 Å². The molecule has 1 aromatic heterocycles. The Kier molecular flexibility index (Phi) is 8.86. The van der Waals surface area contributed by atoms with Crippen LogP contribution in [0.4, 0.5) is 0 Å². The van der Waals surface area contributed by atoms with Crippen molar-refractivity contribution >= 4 is 35.9 Å². The number of carbonyl (C=O) groups excluding carboxylic acids is 5. The second kappa shape index (κ2) is 11.6. The van der Waals surface area contributed by atoms with E-state index in [4.69, 9.17) is 5.11 Å². The Balaban J connectivity index is 2.17. The summed E-state index contributed by atoms with van der Waals surface area (Å²) in [6.07, 6.45) is 2.99. The Morgan fingerprint density at radius 1 is 1.34 bits per heavy atom. The first-order valence-corrected chi connectivity index (χ1v) is 10.0. The van der Waals surface area contributed by atoms with Gasteiger partial charge in [0, 0.05) is 32.4 Å². The van der Waals surface area contributed by atoms with Crippen LogP contribution in [0.15, 0.2) is 12.4 Å². The van der Waals surface area contributed by atoms with Crippen LogP contribution in [-0.4, -0.2) is 87.6 Å². The van der Waals surface area contributed by atoms with Crippen LogP contribution in [0.25, 0.3) is 0 Å². The van der Waals surface area contributed by atoms with Crippen molar-refractivity contribution in [3.05, 3.63) is 18.2 Å². The number of carbonyl (C=O) groups is 6. The van der Waals surface area contributed by atoms with Crippen molar-refractivity contribution in [2.24, 2.45) is 0 Å². The summed E-state index contributed by atoms with van der Waals surface area (Å²) < 4.78 is 0. The third-order valence-corrected chi connectivity index (χ3v) is 4.91. The highest BCUT2D eigenvalue weighted by Crippen LogP contribution is 2.09. The van der Waals surface area contributed by atoms with Crippen molar-refractivity contribution in [1.29, 1.82) is 0 Å². The fourth-order valence-electron chi connectivity index (χ4n) is 3.15. The minimum Gasteiger partial charge on any atom is -0.481 e. The summed E-state index contributed by atoms with van der Waals surface area (Å²) in [6.45, 7) is 0.328. The molecule has 0 unspecified atom stereocenters. The molecule has 5 N–H and O–H groups in total. The van der Waals surface area contributed by atoms with E-state index in [1.165, 1.54) is 17.3 Å². The first-order chi connectivity index (χ1) is 15.2. The highest BCUT2D eigenvalue weighted by Gasteiger charge is 2.30. The zero-order valence-electron chi connectivity index (χ0n) is 17.5. The van der Waals surface area contributed by atoms with E-state index >= 15 is 0 Å². The molecule has 1 aliphatic rings. The van der Waals surface area contributed by atoms with E-state index in [1.807, 2.05) is 0 Å². The molecule has 13 nitrogen and oxygen atoms in total. The van der Waals surface area contributed by atoms with Gasteiger partial charge in [-0.3, -0.25) is 24.0 Å². The van der Waals surface area contributed by atoms with Crippen LogP contribution in [0.3, 0.4) is 0 Å². The fourth-order valence-corrected chi connectivity index (χ4v) is 3.15. The van der Waals surface area contributed by atoms with Crippen LogP contribution in [0, 0.1) is 0 Å². The van der Waals surface area contributed by atoms with E-state index in [0.29, 0.717) is 19.3 Å². The summed E-state index contributed by atoms with van der Waals surface area (Å²) >= 11 is 0.